The third kappa shape index (κ3) is 3.19. The molecule has 1 unspecified atom stereocenters. The van der Waals surface area contributed by atoms with Gasteiger partial charge in [-0.25, -0.2) is 0 Å². The zero-order valence-corrected chi connectivity index (χ0v) is 12.0. The largest absolute Gasteiger partial charge is 0.482 e. The highest BCUT2D eigenvalue weighted by molar-refractivity contribution is 5.95. The van der Waals surface area contributed by atoms with Crippen molar-refractivity contribution in [2.45, 2.75) is 25.3 Å². The topological polar surface area (TPSA) is 96.5 Å². The maximum Gasteiger partial charge on any atom is 0.262 e. The van der Waals surface area contributed by atoms with Crippen LogP contribution in [0.2, 0.25) is 0 Å². The van der Waals surface area contributed by atoms with E-state index in [-0.39, 0.29) is 24.3 Å². The van der Waals surface area contributed by atoms with Gasteiger partial charge in [0.15, 0.2) is 6.61 Å². The number of ether oxygens (including phenoxy) is 1. The van der Waals surface area contributed by atoms with Gasteiger partial charge in [0.05, 0.1) is 5.69 Å². The van der Waals surface area contributed by atoms with Crippen molar-refractivity contribution in [1.29, 1.82) is 0 Å². The second-order valence-corrected chi connectivity index (χ2v) is 5.37. The van der Waals surface area contributed by atoms with Crippen molar-refractivity contribution in [1.82, 2.24) is 10.6 Å². The molecule has 2 heterocycles. The highest BCUT2D eigenvalue weighted by Gasteiger charge is 2.26. The molecule has 3 amide bonds. The Morgan fingerprint density at radius 3 is 2.95 bits per heavy atom. The van der Waals surface area contributed by atoms with Gasteiger partial charge in [0.2, 0.25) is 11.8 Å². The van der Waals surface area contributed by atoms with E-state index in [0.717, 1.165) is 5.56 Å². The summed E-state index contributed by atoms with van der Waals surface area (Å²) in [4.78, 5) is 34.2. The van der Waals surface area contributed by atoms with Crippen molar-refractivity contribution in [3.63, 3.8) is 0 Å². The molecule has 3 rings (SSSR count). The number of rotatable bonds is 4. The SMILES string of the molecule is O=C1COc2ccc(CCNC(=O)C3CCC(=O)N3)cc2N1. The van der Waals surface area contributed by atoms with Crippen molar-refractivity contribution >= 4 is 23.4 Å². The van der Waals surface area contributed by atoms with Gasteiger partial charge in [-0.2, -0.15) is 0 Å². The molecule has 0 radical (unpaired) electrons. The quantitative estimate of drug-likeness (QED) is 0.727. The fraction of sp³-hybridized carbons (Fsp3) is 0.400. The molecule has 1 atom stereocenters. The number of anilines is 1. The molecule has 2 aliphatic heterocycles. The number of carbonyl (C=O) groups is 3. The smallest absolute Gasteiger partial charge is 0.262 e. The summed E-state index contributed by atoms with van der Waals surface area (Å²) >= 11 is 0. The summed E-state index contributed by atoms with van der Waals surface area (Å²) in [6.45, 7) is 0.508. The average Bonchev–Trinajstić information content (AvgIpc) is 2.93. The second-order valence-electron chi connectivity index (χ2n) is 5.37. The summed E-state index contributed by atoms with van der Waals surface area (Å²) in [7, 11) is 0. The normalized spacial score (nSPS) is 19.7. The van der Waals surface area contributed by atoms with Crippen LogP contribution in [0.5, 0.6) is 5.75 Å². The van der Waals surface area contributed by atoms with Crippen molar-refractivity contribution in [2.75, 3.05) is 18.5 Å². The van der Waals surface area contributed by atoms with Crippen LogP contribution in [0.25, 0.3) is 0 Å². The Hall–Kier alpha value is -2.57. The average molecular weight is 303 g/mol. The summed E-state index contributed by atoms with van der Waals surface area (Å²) in [6, 6.07) is 5.14. The number of amides is 3. The Morgan fingerprint density at radius 2 is 2.18 bits per heavy atom. The van der Waals surface area contributed by atoms with Crippen LogP contribution < -0.4 is 20.7 Å². The van der Waals surface area contributed by atoms with Crippen LogP contribution in [0.3, 0.4) is 0 Å². The minimum atomic E-state index is -0.413. The number of hydrogen-bond acceptors (Lipinski definition) is 4. The number of nitrogens with one attached hydrogen (secondary N) is 3. The van der Waals surface area contributed by atoms with Crippen LogP contribution in [0.15, 0.2) is 18.2 Å². The van der Waals surface area contributed by atoms with Crippen LogP contribution in [0.4, 0.5) is 5.69 Å². The van der Waals surface area contributed by atoms with E-state index in [4.69, 9.17) is 4.74 Å². The molecule has 1 fully saturated rings. The highest BCUT2D eigenvalue weighted by atomic mass is 16.5. The summed E-state index contributed by atoms with van der Waals surface area (Å²) in [5, 5.41) is 8.19. The zero-order valence-electron chi connectivity index (χ0n) is 12.0. The molecule has 7 nitrogen and oxygen atoms in total. The molecule has 0 aromatic heterocycles. The molecule has 1 saturated heterocycles. The second kappa shape index (κ2) is 6.05. The lowest BCUT2D eigenvalue weighted by Gasteiger charge is -2.18. The standard InChI is InChI=1S/C15H17N3O4/c19-13-4-2-10(17-13)15(21)16-6-5-9-1-3-12-11(7-9)18-14(20)8-22-12/h1,3,7,10H,2,4-6,8H2,(H,16,21)(H,17,19)(H,18,20). The van der Waals surface area contributed by atoms with Crippen LogP contribution in [0.1, 0.15) is 18.4 Å². The van der Waals surface area contributed by atoms with Crippen LogP contribution in [-0.4, -0.2) is 36.9 Å². The summed E-state index contributed by atoms with van der Waals surface area (Å²) < 4.78 is 5.29. The zero-order chi connectivity index (χ0) is 15.5. The van der Waals surface area contributed by atoms with E-state index >= 15 is 0 Å². The molecule has 0 spiro atoms. The Labute approximate surface area is 127 Å². The highest BCUT2D eigenvalue weighted by Crippen LogP contribution is 2.28. The molecular formula is C15H17N3O4. The Morgan fingerprint density at radius 1 is 1.32 bits per heavy atom. The Bertz CT molecular complexity index is 629. The van der Waals surface area contributed by atoms with Gasteiger partial charge in [0, 0.05) is 13.0 Å². The molecule has 116 valence electrons. The molecular weight excluding hydrogens is 286 g/mol. The van der Waals surface area contributed by atoms with Crippen molar-refractivity contribution in [3.8, 4) is 5.75 Å². The first-order chi connectivity index (χ1) is 10.6. The monoisotopic (exact) mass is 303 g/mol. The van der Waals surface area contributed by atoms with E-state index in [0.29, 0.717) is 37.2 Å². The fourth-order valence-corrected chi connectivity index (χ4v) is 2.55. The molecule has 0 aliphatic carbocycles. The van der Waals surface area contributed by atoms with E-state index in [1.165, 1.54) is 0 Å². The van der Waals surface area contributed by atoms with Gasteiger partial charge in [-0.15, -0.1) is 0 Å². The van der Waals surface area contributed by atoms with E-state index < -0.39 is 6.04 Å². The van der Waals surface area contributed by atoms with E-state index in [9.17, 15) is 14.4 Å². The van der Waals surface area contributed by atoms with E-state index in [2.05, 4.69) is 16.0 Å². The molecule has 1 aromatic rings. The molecule has 1 aromatic carbocycles. The molecule has 7 heteroatoms. The number of fused-ring (bicyclic) bond motifs is 1. The Kier molecular flexibility index (Phi) is 3.95. The Balaban J connectivity index is 1.51. The maximum atomic E-state index is 11.9. The number of hydrogen-bond donors (Lipinski definition) is 3. The van der Waals surface area contributed by atoms with Gasteiger partial charge in [-0.1, -0.05) is 6.07 Å². The fourth-order valence-electron chi connectivity index (χ4n) is 2.55. The number of carbonyl (C=O) groups excluding carboxylic acids is 3. The first-order valence-corrected chi connectivity index (χ1v) is 7.24. The van der Waals surface area contributed by atoms with Crippen molar-refractivity contribution < 1.29 is 19.1 Å². The van der Waals surface area contributed by atoms with Crippen LogP contribution in [-0.2, 0) is 20.8 Å². The maximum absolute atomic E-state index is 11.9. The van der Waals surface area contributed by atoms with E-state index in [1.807, 2.05) is 18.2 Å². The van der Waals surface area contributed by atoms with Crippen LogP contribution in [0, 0.1) is 0 Å². The minimum absolute atomic E-state index is 0.0372. The molecule has 0 bridgehead atoms. The van der Waals surface area contributed by atoms with Crippen molar-refractivity contribution in [3.05, 3.63) is 23.8 Å². The summed E-state index contributed by atoms with van der Waals surface area (Å²) in [5.74, 6) is 0.252. The lowest BCUT2D eigenvalue weighted by atomic mass is 10.1. The third-order valence-corrected chi connectivity index (χ3v) is 3.70. The van der Waals surface area contributed by atoms with Gasteiger partial charge >= 0.3 is 0 Å². The minimum Gasteiger partial charge on any atom is -0.482 e. The van der Waals surface area contributed by atoms with Crippen LogP contribution >= 0.6 is 0 Å². The van der Waals surface area contributed by atoms with Gasteiger partial charge in [0.1, 0.15) is 11.8 Å². The van der Waals surface area contributed by atoms with Gasteiger partial charge < -0.3 is 20.7 Å². The summed E-state index contributed by atoms with van der Waals surface area (Å²) in [6.07, 6.45) is 1.59. The molecule has 3 N–H and O–H groups in total. The first-order valence-electron chi connectivity index (χ1n) is 7.24. The number of benzene rings is 1. The lowest BCUT2D eigenvalue weighted by molar-refractivity contribution is -0.125. The van der Waals surface area contributed by atoms with Crippen molar-refractivity contribution in [2.24, 2.45) is 0 Å². The molecule has 22 heavy (non-hydrogen) atoms. The van der Waals surface area contributed by atoms with Gasteiger partial charge in [0.25, 0.3) is 5.91 Å². The van der Waals surface area contributed by atoms with Gasteiger partial charge in [-0.05, 0) is 30.5 Å². The van der Waals surface area contributed by atoms with E-state index in [1.54, 1.807) is 0 Å². The summed E-state index contributed by atoms with van der Waals surface area (Å²) in [5.41, 5.74) is 1.64. The van der Waals surface area contributed by atoms with Gasteiger partial charge in [-0.3, -0.25) is 14.4 Å². The third-order valence-electron chi connectivity index (χ3n) is 3.70. The predicted molar refractivity (Wildman–Crippen MR) is 78.4 cm³/mol. The molecule has 0 saturated carbocycles. The first kappa shape index (κ1) is 14.4. The molecule has 2 aliphatic rings. The predicted octanol–water partition coefficient (Wildman–Crippen LogP) is -0.0452. The lowest BCUT2D eigenvalue weighted by Crippen LogP contribution is -2.42.